The van der Waals surface area contributed by atoms with Crippen molar-refractivity contribution in [2.75, 3.05) is 5.75 Å². The van der Waals surface area contributed by atoms with Crippen LogP contribution in [0.1, 0.15) is 6.92 Å². The van der Waals surface area contributed by atoms with E-state index in [0.717, 1.165) is 0 Å². The first-order chi connectivity index (χ1) is 4.04. The van der Waals surface area contributed by atoms with Crippen LogP contribution in [0.2, 0.25) is 0 Å². The van der Waals surface area contributed by atoms with E-state index in [1.807, 2.05) is 0 Å². The molecule has 0 heterocycles. The molecule has 0 bridgehead atoms. The molecule has 1 atom stereocenters. The zero-order valence-electron chi connectivity index (χ0n) is 5.00. The molecular formula is C4H9NO2S2. The molecule has 0 aromatic heterocycles. The highest BCUT2D eigenvalue weighted by Crippen LogP contribution is 2.04. The molecule has 0 aliphatic rings. The lowest BCUT2D eigenvalue weighted by molar-refractivity contribution is -0.137. The van der Waals surface area contributed by atoms with Crippen molar-refractivity contribution in [2.24, 2.45) is 5.73 Å². The number of rotatable bonds is 2. The molecule has 0 aliphatic heterocycles. The Balaban J connectivity index is 3.97. The van der Waals surface area contributed by atoms with Gasteiger partial charge < -0.3 is 9.92 Å². The van der Waals surface area contributed by atoms with E-state index in [4.69, 9.17) is 5.73 Å². The minimum absolute atomic E-state index is 0.242. The SMILES string of the molecule is C[C@](N)(CS)C(=O)OS. The van der Waals surface area contributed by atoms with Gasteiger partial charge in [-0.1, -0.05) is 0 Å². The number of hydrogen-bond donors (Lipinski definition) is 3. The van der Waals surface area contributed by atoms with Crippen LogP contribution >= 0.6 is 25.5 Å². The van der Waals surface area contributed by atoms with Gasteiger partial charge in [0.05, 0.1) is 0 Å². The lowest BCUT2D eigenvalue weighted by Crippen LogP contribution is -2.46. The van der Waals surface area contributed by atoms with E-state index in [1.165, 1.54) is 6.92 Å². The van der Waals surface area contributed by atoms with Crippen molar-refractivity contribution in [1.82, 2.24) is 0 Å². The molecule has 0 saturated carbocycles. The maximum Gasteiger partial charge on any atom is 0.338 e. The van der Waals surface area contributed by atoms with Gasteiger partial charge in [0, 0.05) is 18.7 Å². The third kappa shape index (κ3) is 2.47. The van der Waals surface area contributed by atoms with Crippen molar-refractivity contribution >= 4 is 31.5 Å². The van der Waals surface area contributed by atoms with Gasteiger partial charge in [-0.2, -0.15) is 12.6 Å². The minimum Gasteiger partial charge on any atom is -0.393 e. The van der Waals surface area contributed by atoms with Crippen LogP contribution in [0.15, 0.2) is 0 Å². The molecular weight excluding hydrogens is 158 g/mol. The summed E-state index contributed by atoms with van der Waals surface area (Å²) in [4.78, 5) is 10.6. The number of hydrogen-bond acceptors (Lipinski definition) is 5. The Bertz CT molecular complexity index is 115. The van der Waals surface area contributed by atoms with E-state index in [1.54, 1.807) is 0 Å². The number of carbonyl (C=O) groups is 1. The van der Waals surface area contributed by atoms with Gasteiger partial charge in [-0.25, -0.2) is 4.79 Å². The molecule has 0 rings (SSSR count). The molecule has 2 N–H and O–H groups in total. The fourth-order valence-electron chi connectivity index (χ4n) is 0.169. The molecule has 9 heavy (non-hydrogen) atoms. The smallest absolute Gasteiger partial charge is 0.338 e. The van der Waals surface area contributed by atoms with Crippen LogP contribution in [-0.2, 0) is 8.98 Å². The van der Waals surface area contributed by atoms with E-state index < -0.39 is 11.5 Å². The lowest BCUT2D eigenvalue weighted by Gasteiger charge is -2.16. The summed E-state index contributed by atoms with van der Waals surface area (Å²) in [7, 11) is 0. The highest BCUT2D eigenvalue weighted by Gasteiger charge is 2.27. The molecule has 0 fully saturated rings. The largest absolute Gasteiger partial charge is 0.393 e. The topological polar surface area (TPSA) is 52.3 Å². The van der Waals surface area contributed by atoms with Crippen LogP contribution in [0.4, 0.5) is 0 Å². The number of carbonyl (C=O) groups excluding carboxylic acids is 1. The van der Waals surface area contributed by atoms with Gasteiger partial charge in [0.2, 0.25) is 0 Å². The van der Waals surface area contributed by atoms with Crippen molar-refractivity contribution < 1.29 is 8.98 Å². The molecule has 0 spiro atoms. The van der Waals surface area contributed by atoms with E-state index in [9.17, 15) is 4.79 Å². The monoisotopic (exact) mass is 167 g/mol. The van der Waals surface area contributed by atoms with Crippen molar-refractivity contribution in [3.05, 3.63) is 0 Å². The van der Waals surface area contributed by atoms with Crippen LogP contribution in [0.3, 0.4) is 0 Å². The zero-order chi connectivity index (χ0) is 7.49. The molecule has 0 aromatic rings. The molecule has 54 valence electrons. The van der Waals surface area contributed by atoms with Crippen LogP contribution in [-0.4, -0.2) is 17.3 Å². The second kappa shape index (κ2) is 3.34. The molecule has 0 saturated heterocycles. The summed E-state index contributed by atoms with van der Waals surface area (Å²) in [6.07, 6.45) is 0. The first-order valence-corrected chi connectivity index (χ1v) is 3.30. The maximum absolute atomic E-state index is 10.6. The molecule has 0 aromatic carbocycles. The van der Waals surface area contributed by atoms with Crippen molar-refractivity contribution in [2.45, 2.75) is 12.5 Å². The summed E-state index contributed by atoms with van der Waals surface area (Å²) in [6, 6.07) is 0. The van der Waals surface area contributed by atoms with Crippen molar-refractivity contribution in [3.8, 4) is 0 Å². The van der Waals surface area contributed by atoms with Crippen LogP contribution < -0.4 is 5.73 Å². The Morgan fingerprint density at radius 3 is 2.44 bits per heavy atom. The first kappa shape index (κ1) is 9.13. The Morgan fingerprint density at radius 2 is 2.33 bits per heavy atom. The number of nitrogens with two attached hydrogens (primary N) is 1. The Hall–Kier alpha value is 0.130. The van der Waals surface area contributed by atoms with Crippen LogP contribution in [0, 0.1) is 0 Å². The summed E-state index contributed by atoms with van der Waals surface area (Å²) in [5.74, 6) is -0.326. The molecule has 0 unspecified atom stereocenters. The van der Waals surface area contributed by atoms with E-state index in [0.29, 0.717) is 0 Å². The van der Waals surface area contributed by atoms with E-state index in [-0.39, 0.29) is 5.75 Å². The van der Waals surface area contributed by atoms with Crippen LogP contribution in [0.5, 0.6) is 0 Å². The fraction of sp³-hybridized carbons (Fsp3) is 0.750. The first-order valence-electron chi connectivity index (χ1n) is 2.30. The van der Waals surface area contributed by atoms with E-state index in [2.05, 4.69) is 29.7 Å². The maximum atomic E-state index is 10.6. The van der Waals surface area contributed by atoms with Crippen molar-refractivity contribution in [3.63, 3.8) is 0 Å². The van der Waals surface area contributed by atoms with Gasteiger partial charge in [-0.05, 0) is 6.92 Å². The summed E-state index contributed by atoms with van der Waals surface area (Å²) >= 11 is 7.13. The average Bonchev–Trinajstić information content (AvgIpc) is 1.86. The van der Waals surface area contributed by atoms with Gasteiger partial charge in [0.25, 0.3) is 0 Å². The van der Waals surface area contributed by atoms with E-state index >= 15 is 0 Å². The summed E-state index contributed by atoms with van der Waals surface area (Å²) in [6.45, 7) is 1.53. The normalized spacial score (nSPS) is 16.4. The molecule has 0 amide bonds. The second-order valence-electron chi connectivity index (χ2n) is 1.95. The molecule has 0 radical (unpaired) electrons. The van der Waals surface area contributed by atoms with Gasteiger partial charge >= 0.3 is 5.97 Å². The summed E-state index contributed by atoms with van der Waals surface area (Å²) in [5, 5.41) is 0. The third-order valence-electron chi connectivity index (χ3n) is 0.878. The second-order valence-corrected chi connectivity index (χ2v) is 2.45. The third-order valence-corrected chi connectivity index (χ3v) is 1.70. The average molecular weight is 167 g/mol. The summed E-state index contributed by atoms with van der Waals surface area (Å²) < 4.78 is 4.09. The zero-order valence-corrected chi connectivity index (χ0v) is 6.78. The predicted molar refractivity (Wildman–Crippen MR) is 41.5 cm³/mol. The van der Waals surface area contributed by atoms with Crippen molar-refractivity contribution in [1.29, 1.82) is 0 Å². The van der Waals surface area contributed by atoms with Crippen LogP contribution in [0.25, 0.3) is 0 Å². The van der Waals surface area contributed by atoms with Gasteiger partial charge in [0.1, 0.15) is 5.54 Å². The van der Waals surface area contributed by atoms with Gasteiger partial charge in [-0.3, -0.25) is 0 Å². The van der Waals surface area contributed by atoms with Gasteiger partial charge in [0.15, 0.2) is 0 Å². The number of thiol groups is 2. The Morgan fingerprint density at radius 1 is 1.89 bits per heavy atom. The quantitative estimate of drug-likeness (QED) is 0.401. The Labute approximate surface area is 65.0 Å². The summed E-state index contributed by atoms with van der Waals surface area (Å²) in [5.41, 5.74) is 4.35. The molecule has 0 aliphatic carbocycles. The standard InChI is InChI=1S/C4H9NO2S2/c1-4(5,2-8)3(6)7-9/h8-9H,2,5H2,1H3/t4-/m0/s1. The fourth-order valence-corrected chi connectivity index (χ4v) is 0.506. The highest BCUT2D eigenvalue weighted by atomic mass is 32.1. The minimum atomic E-state index is -1.02. The molecule has 5 heteroatoms. The predicted octanol–water partition coefficient (Wildman–Crippen LogP) is 0.0216. The van der Waals surface area contributed by atoms with Gasteiger partial charge in [-0.15, -0.1) is 0 Å². The Kier molecular flexibility index (Phi) is 3.38. The highest BCUT2D eigenvalue weighted by molar-refractivity contribution is 7.80. The molecule has 3 nitrogen and oxygen atoms in total. The lowest BCUT2D eigenvalue weighted by atomic mass is 10.1.